The first-order chi connectivity index (χ1) is 5.72. The first kappa shape index (κ1) is 11.2. The van der Waals surface area contributed by atoms with Gasteiger partial charge in [-0.05, 0) is 12.8 Å². The van der Waals surface area contributed by atoms with Crippen LogP contribution in [0.1, 0.15) is 39.5 Å². The third kappa shape index (κ3) is 4.94. The molecule has 12 heavy (non-hydrogen) atoms. The van der Waals surface area contributed by atoms with Gasteiger partial charge in [-0.15, -0.1) is 0 Å². The Bertz CT molecular complexity index is 152. The van der Waals surface area contributed by atoms with Gasteiger partial charge in [0, 0.05) is 12.1 Å². The minimum absolute atomic E-state index is 0.0188. The summed E-state index contributed by atoms with van der Waals surface area (Å²) in [6, 6.07) is 0. The summed E-state index contributed by atoms with van der Waals surface area (Å²) in [5, 5.41) is 2.83. The summed E-state index contributed by atoms with van der Waals surface area (Å²) in [6.45, 7) is 8.64. The van der Waals surface area contributed by atoms with Gasteiger partial charge in [0.2, 0.25) is 5.91 Å². The van der Waals surface area contributed by atoms with E-state index in [2.05, 4.69) is 18.8 Å². The second kappa shape index (κ2) is 6.89. The van der Waals surface area contributed by atoms with E-state index < -0.39 is 0 Å². The van der Waals surface area contributed by atoms with Crippen LogP contribution in [0.4, 0.5) is 0 Å². The van der Waals surface area contributed by atoms with Crippen LogP contribution < -0.4 is 5.32 Å². The highest BCUT2D eigenvalue weighted by Crippen LogP contribution is 2.00. The van der Waals surface area contributed by atoms with Crippen LogP contribution in [0.25, 0.3) is 0 Å². The molecule has 0 rings (SSSR count). The second-order valence-electron chi connectivity index (χ2n) is 2.96. The van der Waals surface area contributed by atoms with Crippen molar-refractivity contribution in [1.29, 1.82) is 0 Å². The van der Waals surface area contributed by atoms with Crippen molar-refractivity contribution in [3.63, 3.8) is 0 Å². The molecule has 0 spiro atoms. The SMILES string of the molecule is C=C(CCC)C(=O)NCCCC. The molecule has 70 valence electrons. The minimum Gasteiger partial charge on any atom is -0.352 e. The van der Waals surface area contributed by atoms with E-state index in [1.165, 1.54) is 0 Å². The average Bonchev–Trinajstić information content (AvgIpc) is 2.05. The largest absolute Gasteiger partial charge is 0.352 e. The van der Waals surface area contributed by atoms with Crippen molar-refractivity contribution in [2.75, 3.05) is 6.54 Å². The van der Waals surface area contributed by atoms with Gasteiger partial charge >= 0.3 is 0 Å². The predicted octanol–water partition coefficient (Wildman–Crippen LogP) is 2.26. The molecule has 0 aliphatic heterocycles. The van der Waals surface area contributed by atoms with Crippen LogP contribution in [-0.2, 0) is 4.79 Å². The molecule has 0 heterocycles. The lowest BCUT2D eigenvalue weighted by Gasteiger charge is -2.05. The predicted molar refractivity (Wildman–Crippen MR) is 52.0 cm³/mol. The van der Waals surface area contributed by atoms with Crippen LogP contribution >= 0.6 is 0 Å². The highest BCUT2D eigenvalue weighted by molar-refractivity contribution is 5.92. The Morgan fingerprint density at radius 1 is 1.33 bits per heavy atom. The number of rotatable bonds is 6. The highest BCUT2D eigenvalue weighted by Gasteiger charge is 2.03. The Balaban J connectivity index is 3.50. The van der Waals surface area contributed by atoms with Crippen molar-refractivity contribution in [3.8, 4) is 0 Å². The zero-order valence-corrected chi connectivity index (χ0v) is 8.15. The third-order valence-electron chi connectivity index (χ3n) is 1.69. The number of amides is 1. The first-order valence-corrected chi connectivity index (χ1v) is 4.68. The molecular weight excluding hydrogens is 150 g/mol. The number of hydrogen-bond donors (Lipinski definition) is 1. The van der Waals surface area contributed by atoms with Crippen LogP contribution in [-0.4, -0.2) is 12.5 Å². The summed E-state index contributed by atoms with van der Waals surface area (Å²) in [5.74, 6) is 0.0188. The van der Waals surface area contributed by atoms with Gasteiger partial charge in [0.05, 0.1) is 0 Å². The number of unbranched alkanes of at least 4 members (excludes halogenated alkanes) is 1. The van der Waals surface area contributed by atoms with Gasteiger partial charge in [-0.3, -0.25) is 4.79 Å². The lowest BCUT2D eigenvalue weighted by Crippen LogP contribution is -2.25. The van der Waals surface area contributed by atoms with Crippen molar-refractivity contribution in [1.82, 2.24) is 5.32 Å². The normalized spacial score (nSPS) is 9.50. The Kier molecular flexibility index (Phi) is 6.44. The summed E-state index contributed by atoms with van der Waals surface area (Å²) >= 11 is 0. The summed E-state index contributed by atoms with van der Waals surface area (Å²) in [5.41, 5.74) is 0.702. The quantitative estimate of drug-likeness (QED) is 0.479. The average molecular weight is 169 g/mol. The lowest BCUT2D eigenvalue weighted by atomic mass is 10.1. The molecule has 0 aromatic heterocycles. The van der Waals surface area contributed by atoms with Gasteiger partial charge in [0.15, 0.2) is 0 Å². The van der Waals surface area contributed by atoms with Crippen molar-refractivity contribution in [3.05, 3.63) is 12.2 Å². The monoisotopic (exact) mass is 169 g/mol. The summed E-state index contributed by atoms with van der Waals surface area (Å²) in [7, 11) is 0. The van der Waals surface area contributed by atoms with E-state index in [-0.39, 0.29) is 5.91 Å². The van der Waals surface area contributed by atoms with E-state index in [0.717, 1.165) is 32.2 Å². The fraction of sp³-hybridized carbons (Fsp3) is 0.700. The van der Waals surface area contributed by atoms with E-state index >= 15 is 0 Å². The maximum absolute atomic E-state index is 11.2. The Morgan fingerprint density at radius 2 is 2.00 bits per heavy atom. The second-order valence-corrected chi connectivity index (χ2v) is 2.96. The van der Waals surface area contributed by atoms with Gasteiger partial charge in [0.25, 0.3) is 0 Å². The molecule has 1 N–H and O–H groups in total. The topological polar surface area (TPSA) is 29.1 Å². The summed E-state index contributed by atoms with van der Waals surface area (Å²) in [6.07, 6.45) is 3.95. The number of hydrogen-bond acceptors (Lipinski definition) is 1. The molecule has 0 aromatic rings. The van der Waals surface area contributed by atoms with Gasteiger partial charge in [0.1, 0.15) is 0 Å². The molecule has 0 aliphatic carbocycles. The summed E-state index contributed by atoms with van der Waals surface area (Å²) < 4.78 is 0. The van der Waals surface area contributed by atoms with E-state index in [1.54, 1.807) is 0 Å². The molecule has 0 radical (unpaired) electrons. The molecule has 0 saturated carbocycles. The van der Waals surface area contributed by atoms with Crippen LogP contribution in [0.5, 0.6) is 0 Å². The zero-order chi connectivity index (χ0) is 9.40. The van der Waals surface area contributed by atoms with Gasteiger partial charge in [-0.2, -0.15) is 0 Å². The molecule has 1 amide bonds. The van der Waals surface area contributed by atoms with Gasteiger partial charge in [-0.25, -0.2) is 0 Å². The summed E-state index contributed by atoms with van der Waals surface area (Å²) in [4.78, 5) is 11.2. The molecule has 2 heteroatoms. The van der Waals surface area contributed by atoms with E-state index in [0.29, 0.717) is 5.57 Å². The molecule has 2 nitrogen and oxygen atoms in total. The molecule has 0 fully saturated rings. The van der Waals surface area contributed by atoms with Crippen molar-refractivity contribution in [2.45, 2.75) is 39.5 Å². The first-order valence-electron chi connectivity index (χ1n) is 4.68. The molecule has 0 aliphatic rings. The van der Waals surface area contributed by atoms with Crippen LogP contribution in [0, 0.1) is 0 Å². The molecular formula is C10H19NO. The van der Waals surface area contributed by atoms with Crippen LogP contribution in [0.2, 0.25) is 0 Å². The fourth-order valence-corrected chi connectivity index (χ4v) is 0.919. The highest BCUT2D eigenvalue weighted by atomic mass is 16.1. The Morgan fingerprint density at radius 3 is 2.50 bits per heavy atom. The number of carbonyl (C=O) groups excluding carboxylic acids is 1. The van der Waals surface area contributed by atoms with Crippen LogP contribution in [0.3, 0.4) is 0 Å². The fourth-order valence-electron chi connectivity index (χ4n) is 0.919. The van der Waals surface area contributed by atoms with Crippen molar-refractivity contribution < 1.29 is 4.79 Å². The number of carbonyl (C=O) groups is 1. The standard InChI is InChI=1S/C10H19NO/c1-4-6-8-11-10(12)9(3)7-5-2/h3-8H2,1-2H3,(H,11,12). The zero-order valence-electron chi connectivity index (χ0n) is 8.15. The minimum atomic E-state index is 0.0188. The molecule has 0 saturated heterocycles. The Labute approximate surface area is 75.0 Å². The van der Waals surface area contributed by atoms with Crippen molar-refractivity contribution in [2.24, 2.45) is 0 Å². The molecule has 0 unspecified atom stereocenters. The van der Waals surface area contributed by atoms with Gasteiger partial charge < -0.3 is 5.32 Å². The van der Waals surface area contributed by atoms with Crippen LogP contribution in [0.15, 0.2) is 12.2 Å². The van der Waals surface area contributed by atoms with Crippen molar-refractivity contribution >= 4 is 5.91 Å². The Hall–Kier alpha value is -0.790. The third-order valence-corrected chi connectivity index (χ3v) is 1.69. The van der Waals surface area contributed by atoms with E-state index in [4.69, 9.17) is 0 Å². The van der Waals surface area contributed by atoms with E-state index in [9.17, 15) is 4.79 Å². The maximum Gasteiger partial charge on any atom is 0.246 e. The molecule has 0 aromatic carbocycles. The van der Waals surface area contributed by atoms with Gasteiger partial charge in [-0.1, -0.05) is 33.3 Å². The molecule has 0 atom stereocenters. The van der Waals surface area contributed by atoms with E-state index in [1.807, 2.05) is 6.92 Å². The smallest absolute Gasteiger partial charge is 0.246 e. The number of nitrogens with one attached hydrogen (secondary N) is 1. The maximum atomic E-state index is 11.2. The molecule has 0 bridgehead atoms. The lowest BCUT2D eigenvalue weighted by molar-refractivity contribution is -0.117.